The van der Waals surface area contributed by atoms with Crippen LogP contribution in [0.1, 0.15) is 6.92 Å². The van der Waals surface area contributed by atoms with Gasteiger partial charge in [0.15, 0.2) is 5.75 Å². The zero-order chi connectivity index (χ0) is 8.43. The number of aromatic hydroxyl groups is 1. The molecule has 0 saturated carbocycles. The maximum Gasteiger partial charge on any atom is 0.284 e. The summed E-state index contributed by atoms with van der Waals surface area (Å²) in [7, 11) is 0. The molecule has 5 heteroatoms. The molecular weight excluding hydrogens is 212 g/mol. The van der Waals surface area contributed by atoms with Gasteiger partial charge in [-0.2, -0.15) is 5.10 Å². The molecule has 1 rings (SSSR count). The molecule has 0 aliphatic heterocycles. The average molecular weight is 219 g/mol. The van der Waals surface area contributed by atoms with Crippen molar-refractivity contribution >= 4 is 15.9 Å². The minimum Gasteiger partial charge on any atom is -0.505 e. The van der Waals surface area contributed by atoms with Gasteiger partial charge in [0.2, 0.25) is 0 Å². The minimum atomic E-state index is -0.312. The third-order valence-corrected chi connectivity index (χ3v) is 2.01. The summed E-state index contributed by atoms with van der Waals surface area (Å²) in [6, 6.07) is 0. The molecule has 0 aromatic carbocycles. The molecule has 1 N–H and O–H groups in total. The minimum absolute atomic E-state index is 0.125. The topological polar surface area (TPSA) is 55.1 Å². The van der Waals surface area contributed by atoms with Gasteiger partial charge in [-0.1, -0.05) is 0 Å². The third kappa shape index (κ3) is 1.42. The van der Waals surface area contributed by atoms with Gasteiger partial charge in [0, 0.05) is 6.54 Å². The maximum atomic E-state index is 11.1. The number of aromatic nitrogens is 2. The van der Waals surface area contributed by atoms with Crippen LogP contribution in [0.25, 0.3) is 0 Å². The molecule has 11 heavy (non-hydrogen) atoms. The molecule has 1 aromatic heterocycles. The first kappa shape index (κ1) is 8.26. The number of halogens is 1. The predicted molar refractivity (Wildman–Crippen MR) is 43.5 cm³/mol. The molecule has 1 aromatic rings. The number of aryl methyl sites for hydroxylation is 1. The Balaban J connectivity index is 3.37. The van der Waals surface area contributed by atoms with Crippen molar-refractivity contribution in [3.8, 4) is 5.75 Å². The first-order chi connectivity index (χ1) is 5.16. The van der Waals surface area contributed by atoms with Crippen LogP contribution in [0.3, 0.4) is 0 Å². The zero-order valence-electron chi connectivity index (χ0n) is 5.91. The van der Waals surface area contributed by atoms with Crippen LogP contribution < -0.4 is 5.56 Å². The van der Waals surface area contributed by atoms with Gasteiger partial charge in [-0.3, -0.25) is 4.79 Å². The molecule has 0 fully saturated rings. The molecule has 0 unspecified atom stereocenters. The van der Waals surface area contributed by atoms with E-state index in [4.69, 9.17) is 5.11 Å². The lowest BCUT2D eigenvalue weighted by Crippen LogP contribution is -2.21. The van der Waals surface area contributed by atoms with E-state index in [0.717, 1.165) is 0 Å². The SMILES string of the molecule is CCn1ncc(O)c(Br)c1=O. The van der Waals surface area contributed by atoms with Crippen LogP contribution in [0.2, 0.25) is 0 Å². The van der Waals surface area contributed by atoms with Crippen LogP contribution in [0.4, 0.5) is 0 Å². The van der Waals surface area contributed by atoms with E-state index >= 15 is 0 Å². The Labute approximate surface area is 71.6 Å². The number of rotatable bonds is 1. The molecule has 0 aliphatic rings. The van der Waals surface area contributed by atoms with E-state index in [-0.39, 0.29) is 15.8 Å². The zero-order valence-corrected chi connectivity index (χ0v) is 7.50. The molecular formula is C6H7BrN2O2. The summed E-state index contributed by atoms with van der Waals surface area (Å²) in [5, 5.41) is 12.7. The lowest BCUT2D eigenvalue weighted by atomic mass is 10.5. The van der Waals surface area contributed by atoms with Crippen molar-refractivity contribution in [1.82, 2.24) is 9.78 Å². The largest absolute Gasteiger partial charge is 0.505 e. The molecule has 1 heterocycles. The second-order valence-corrected chi connectivity index (χ2v) is 2.76. The molecule has 4 nitrogen and oxygen atoms in total. The van der Waals surface area contributed by atoms with Crippen LogP contribution >= 0.6 is 15.9 Å². The van der Waals surface area contributed by atoms with Crippen molar-refractivity contribution in [3.05, 3.63) is 21.0 Å². The molecule has 0 saturated heterocycles. The molecule has 0 bridgehead atoms. The smallest absolute Gasteiger partial charge is 0.284 e. The Kier molecular flexibility index (Phi) is 2.28. The Hall–Kier alpha value is -0.840. The summed E-state index contributed by atoms with van der Waals surface area (Å²) in [5.41, 5.74) is -0.312. The van der Waals surface area contributed by atoms with Gasteiger partial charge >= 0.3 is 0 Å². The number of hydrogen-bond donors (Lipinski definition) is 1. The first-order valence-electron chi connectivity index (χ1n) is 3.11. The molecule has 0 radical (unpaired) electrons. The van der Waals surface area contributed by atoms with Gasteiger partial charge in [0.1, 0.15) is 4.47 Å². The van der Waals surface area contributed by atoms with Gasteiger partial charge in [-0.15, -0.1) is 0 Å². The first-order valence-corrected chi connectivity index (χ1v) is 3.90. The van der Waals surface area contributed by atoms with Crippen LogP contribution in [0.5, 0.6) is 5.75 Å². The second-order valence-electron chi connectivity index (χ2n) is 1.96. The van der Waals surface area contributed by atoms with Gasteiger partial charge in [0.25, 0.3) is 5.56 Å². The molecule has 0 spiro atoms. The maximum absolute atomic E-state index is 11.1. The van der Waals surface area contributed by atoms with Crippen LogP contribution in [-0.2, 0) is 6.54 Å². The summed E-state index contributed by atoms with van der Waals surface area (Å²) in [6.45, 7) is 2.30. The standard InChI is InChI=1S/C6H7BrN2O2/c1-2-9-6(11)5(7)4(10)3-8-9/h3,10H,2H2,1H3. The molecule has 0 amide bonds. The summed E-state index contributed by atoms with van der Waals surface area (Å²) < 4.78 is 1.42. The van der Waals surface area contributed by atoms with Crippen LogP contribution in [0, 0.1) is 0 Å². The van der Waals surface area contributed by atoms with Gasteiger partial charge in [-0.25, -0.2) is 4.68 Å². The van der Waals surface area contributed by atoms with E-state index < -0.39 is 0 Å². The quantitative estimate of drug-likeness (QED) is 0.757. The summed E-state index contributed by atoms with van der Waals surface area (Å²) in [4.78, 5) is 11.1. The Morgan fingerprint density at radius 3 is 3.00 bits per heavy atom. The Morgan fingerprint density at radius 1 is 1.82 bits per heavy atom. The average Bonchev–Trinajstić information content (AvgIpc) is 2.01. The van der Waals surface area contributed by atoms with Crippen LogP contribution in [-0.4, -0.2) is 14.9 Å². The van der Waals surface area contributed by atoms with Crippen molar-refractivity contribution in [2.24, 2.45) is 0 Å². The van der Waals surface area contributed by atoms with Crippen molar-refractivity contribution in [2.75, 3.05) is 0 Å². The highest BCUT2D eigenvalue weighted by molar-refractivity contribution is 9.10. The van der Waals surface area contributed by atoms with Gasteiger partial charge in [-0.05, 0) is 22.9 Å². The highest BCUT2D eigenvalue weighted by Gasteiger charge is 2.04. The molecule has 60 valence electrons. The fourth-order valence-electron chi connectivity index (χ4n) is 0.682. The summed E-state index contributed by atoms with van der Waals surface area (Å²) in [5.74, 6) is -0.125. The fraction of sp³-hybridized carbons (Fsp3) is 0.333. The van der Waals surface area contributed by atoms with Crippen LogP contribution in [0.15, 0.2) is 15.5 Å². The second kappa shape index (κ2) is 3.04. The lowest BCUT2D eigenvalue weighted by Gasteiger charge is -2.00. The van der Waals surface area contributed by atoms with E-state index in [1.807, 2.05) is 0 Å². The Bertz CT molecular complexity index is 321. The van der Waals surface area contributed by atoms with E-state index in [1.54, 1.807) is 6.92 Å². The van der Waals surface area contributed by atoms with E-state index in [0.29, 0.717) is 6.54 Å². The lowest BCUT2D eigenvalue weighted by molar-refractivity contribution is 0.456. The predicted octanol–water partition coefficient (Wildman–Crippen LogP) is 0.731. The molecule has 0 aliphatic carbocycles. The van der Waals surface area contributed by atoms with Crippen molar-refractivity contribution in [3.63, 3.8) is 0 Å². The monoisotopic (exact) mass is 218 g/mol. The van der Waals surface area contributed by atoms with Gasteiger partial charge in [0.05, 0.1) is 6.20 Å². The fourth-order valence-corrected chi connectivity index (χ4v) is 0.989. The highest BCUT2D eigenvalue weighted by Crippen LogP contribution is 2.15. The number of hydrogen-bond acceptors (Lipinski definition) is 3. The van der Waals surface area contributed by atoms with E-state index in [1.165, 1.54) is 10.9 Å². The van der Waals surface area contributed by atoms with E-state index in [9.17, 15) is 4.79 Å². The summed E-state index contributed by atoms with van der Waals surface area (Å²) >= 11 is 2.95. The van der Waals surface area contributed by atoms with Gasteiger partial charge < -0.3 is 5.11 Å². The Morgan fingerprint density at radius 2 is 2.45 bits per heavy atom. The van der Waals surface area contributed by atoms with E-state index in [2.05, 4.69) is 21.0 Å². The normalized spacial score (nSPS) is 10.0. The molecule has 0 atom stereocenters. The van der Waals surface area contributed by atoms with Crippen molar-refractivity contribution in [1.29, 1.82) is 0 Å². The number of nitrogens with zero attached hydrogens (tertiary/aromatic N) is 2. The van der Waals surface area contributed by atoms with Crippen molar-refractivity contribution in [2.45, 2.75) is 13.5 Å². The highest BCUT2D eigenvalue weighted by atomic mass is 79.9. The third-order valence-electron chi connectivity index (χ3n) is 1.27. The van der Waals surface area contributed by atoms with Crippen molar-refractivity contribution < 1.29 is 5.11 Å². The summed E-state index contributed by atoms with van der Waals surface area (Å²) in [6.07, 6.45) is 1.23.